The largest absolute Gasteiger partial charge is 0.391 e. The van der Waals surface area contributed by atoms with E-state index in [0.717, 1.165) is 18.5 Å². The van der Waals surface area contributed by atoms with Crippen molar-refractivity contribution in [1.29, 1.82) is 0 Å². The highest BCUT2D eigenvalue weighted by atomic mass is 19.4. The van der Waals surface area contributed by atoms with Crippen LogP contribution in [0.15, 0.2) is 48.1 Å². The summed E-state index contributed by atoms with van der Waals surface area (Å²) >= 11 is 0. The molecule has 0 aromatic carbocycles. The lowest BCUT2D eigenvalue weighted by Gasteiger charge is -2.47. The molecule has 2 amide bonds. The second-order valence-electron chi connectivity index (χ2n) is 11.2. The van der Waals surface area contributed by atoms with Gasteiger partial charge in [0.15, 0.2) is 5.72 Å². The quantitative estimate of drug-likeness (QED) is 0.438. The van der Waals surface area contributed by atoms with Crippen molar-refractivity contribution in [1.82, 2.24) is 30.7 Å². The summed E-state index contributed by atoms with van der Waals surface area (Å²) in [7, 11) is 0. The van der Waals surface area contributed by atoms with Gasteiger partial charge in [0.2, 0.25) is 5.91 Å². The third-order valence-electron chi connectivity index (χ3n) is 8.65. The van der Waals surface area contributed by atoms with Crippen LogP contribution in [0.3, 0.4) is 0 Å². The van der Waals surface area contributed by atoms with Gasteiger partial charge in [-0.15, -0.1) is 0 Å². The molecule has 3 aliphatic heterocycles. The normalized spacial score (nSPS) is 30.2. The van der Waals surface area contributed by atoms with E-state index < -0.39 is 23.7 Å². The number of hydrogen-bond acceptors (Lipinski definition) is 7. The number of aromatic nitrogens is 1. The van der Waals surface area contributed by atoms with E-state index in [2.05, 4.69) is 25.8 Å². The van der Waals surface area contributed by atoms with Gasteiger partial charge in [-0.25, -0.2) is 0 Å². The Morgan fingerprint density at radius 2 is 2.05 bits per heavy atom. The van der Waals surface area contributed by atoms with E-state index in [9.17, 15) is 22.8 Å². The van der Waals surface area contributed by atoms with Crippen LogP contribution in [0.25, 0.3) is 0 Å². The summed E-state index contributed by atoms with van der Waals surface area (Å²) in [5, 5.41) is 9.82. The van der Waals surface area contributed by atoms with Crippen molar-refractivity contribution < 1.29 is 27.5 Å². The van der Waals surface area contributed by atoms with E-state index in [0.29, 0.717) is 50.6 Å². The molecule has 1 saturated carbocycles. The van der Waals surface area contributed by atoms with Crippen molar-refractivity contribution in [3.8, 4) is 0 Å². The van der Waals surface area contributed by atoms with Crippen molar-refractivity contribution in [2.45, 2.75) is 63.5 Å². The van der Waals surface area contributed by atoms with Gasteiger partial charge in [0, 0.05) is 68.7 Å². The Morgan fingerprint density at radius 1 is 1.24 bits per heavy atom. The van der Waals surface area contributed by atoms with Gasteiger partial charge in [-0.1, -0.05) is 13.0 Å². The summed E-state index contributed by atoms with van der Waals surface area (Å²) in [4.78, 5) is 35.0. The average molecular weight is 577 g/mol. The summed E-state index contributed by atoms with van der Waals surface area (Å²) in [6.45, 7) is 7.04. The van der Waals surface area contributed by atoms with Crippen LogP contribution in [0.2, 0.25) is 0 Å². The molecule has 3 N–H and O–H groups in total. The zero-order valence-corrected chi connectivity index (χ0v) is 23.5. The highest BCUT2D eigenvalue weighted by Gasteiger charge is 2.51. The third-order valence-corrected chi connectivity index (χ3v) is 8.65. The molecule has 0 bridgehead atoms. The number of rotatable bonds is 8. The first-order valence-electron chi connectivity index (χ1n) is 14.5. The van der Waals surface area contributed by atoms with Crippen LogP contribution in [0.5, 0.6) is 0 Å². The van der Waals surface area contributed by atoms with Crippen molar-refractivity contribution in [3.05, 3.63) is 53.6 Å². The second-order valence-corrected chi connectivity index (χ2v) is 11.2. The van der Waals surface area contributed by atoms with E-state index in [1.807, 2.05) is 38.1 Å². The number of carbonyl (C=O) groups excluding carboxylic acids is 2. The molecule has 224 valence electrons. The lowest BCUT2D eigenvalue weighted by molar-refractivity contribution is -0.206. The molecule has 12 heteroatoms. The minimum atomic E-state index is -4.24. The fourth-order valence-corrected chi connectivity index (χ4v) is 6.23. The lowest BCUT2D eigenvalue weighted by atomic mass is 9.73. The first-order valence-corrected chi connectivity index (χ1v) is 14.5. The number of hydrogen-bond donors (Lipinski definition) is 3. The molecule has 3 atom stereocenters. The number of carbonyl (C=O) groups is 2. The van der Waals surface area contributed by atoms with Gasteiger partial charge in [-0.05, 0) is 57.4 Å². The standard InChI is InChI=1S/C29H39F3N6O3/c1-3-23-18-37(27(40)19-14-21(15-19)29(30,31)32)12-13-38(23)24-7-9-28(41-4-2,20-6-5-10-33-16-20)36-25(24)26(39)35-22-8-11-34-17-22/h5-7,9-10,16,19,21-23,34,36H,3-4,8,11-15,17-18H2,1-2H3,(H,35,39)/t19-,21-,22-,23-,28?/m1/s1. The summed E-state index contributed by atoms with van der Waals surface area (Å²) in [5.41, 5.74) is 0.741. The van der Waals surface area contributed by atoms with Gasteiger partial charge in [0.25, 0.3) is 5.91 Å². The molecule has 2 saturated heterocycles. The Bertz CT molecular complexity index is 1160. The van der Waals surface area contributed by atoms with Gasteiger partial charge >= 0.3 is 6.18 Å². The first kappa shape index (κ1) is 29.4. The van der Waals surface area contributed by atoms with Crippen molar-refractivity contribution in [2.75, 3.05) is 39.3 Å². The molecule has 1 aliphatic carbocycles. The van der Waals surface area contributed by atoms with Crippen LogP contribution in [0, 0.1) is 11.8 Å². The van der Waals surface area contributed by atoms with Crippen LogP contribution < -0.4 is 16.0 Å². The highest BCUT2D eigenvalue weighted by Crippen LogP contribution is 2.45. The third kappa shape index (κ3) is 6.08. The van der Waals surface area contributed by atoms with Crippen LogP contribution in [0.4, 0.5) is 13.2 Å². The summed E-state index contributed by atoms with van der Waals surface area (Å²) in [6, 6.07) is 3.60. The van der Waals surface area contributed by atoms with Crippen LogP contribution >= 0.6 is 0 Å². The van der Waals surface area contributed by atoms with Crippen LogP contribution in [-0.4, -0.2) is 84.2 Å². The fourth-order valence-electron chi connectivity index (χ4n) is 6.23. The molecule has 4 aliphatic rings. The molecule has 41 heavy (non-hydrogen) atoms. The molecule has 3 fully saturated rings. The zero-order chi connectivity index (χ0) is 29.2. The predicted molar refractivity (Wildman–Crippen MR) is 146 cm³/mol. The van der Waals surface area contributed by atoms with Gasteiger partial charge in [-0.2, -0.15) is 13.2 Å². The smallest absolute Gasteiger partial charge is 0.363 e. The van der Waals surface area contributed by atoms with Gasteiger partial charge in [0.05, 0.1) is 11.6 Å². The lowest BCUT2D eigenvalue weighted by Crippen LogP contribution is -2.58. The topological polar surface area (TPSA) is 98.8 Å². The number of nitrogens with zero attached hydrogens (tertiary/aromatic N) is 3. The Hall–Kier alpha value is -3.12. The predicted octanol–water partition coefficient (Wildman–Crippen LogP) is 2.63. The highest BCUT2D eigenvalue weighted by molar-refractivity contribution is 5.95. The monoisotopic (exact) mass is 576 g/mol. The van der Waals surface area contributed by atoms with E-state index in [-0.39, 0.29) is 36.7 Å². The maximum Gasteiger partial charge on any atom is 0.391 e. The molecule has 5 rings (SSSR count). The number of halogens is 3. The van der Waals surface area contributed by atoms with Crippen LogP contribution in [-0.2, 0) is 20.1 Å². The Labute approximate surface area is 238 Å². The minimum absolute atomic E-state index is 0.00304. The van der Waals surface area contributed by atoms with Crippen molar-refractivity contribution in [2.24, 2.45) is 11.8 Å². The molecule has 1 unspecified atom stereocenters. The second kappa shape index (κ2) is 12.0. The molecular weight excluding hydrogens is 537 g/mol. The van der Waals surface area contributed by atoms with Crippen LogP contribution in [0.1, 0.15) is 45.1 Å². The van der Waals surface area contributed by atoms with Gasteiger partial charge in [-0.3, -0.25) is 14.6 Å². The number of nitrogens with one attached hydrogen (secondary N) is 3. The van der Waals surface area contributed by atoms with E-state index in [4.69, 9.17) is 4.74 Å². The first-order chi connectivity index (χ1) is 19.6. The average Bonchev–Trinajstić information content (AvgIpc) is 3.45. The zero-order valence-electron chi connectivity index (χ0n) is 23.5. The SMILES string of the molecule is CCOC1(c2cccnc2)C=CC(N2CCN(C(=O)[C@H]3C[C@H](C(F)(F)F)C3)C[C@H]2CC)=C(C(=O)N[C@@H]2CCNC2)N1. The van der Waals surface area contributed by atoms with Crippen molar-refractivity contribution in [3.63, 3.8) is 0 Å². The van der Waals surface area contributed by atoms with Gasteiger partial charge < -0.3 is 30.5 Å². The number of pyridine rings is 1. The molecule has 0 spiro atoms. The molecular formula is C29H39F3N6O3. The van der Waals surface area contributed by atoms with Crippen molar-refractivity contribution >= 4 is 11.8 Å². The summed E-state index contributed by atoms with van der Waals surface area (Å²) < 4.78 is 45.2. The molecule has 4 heterocycles. The number of piperazine rings is 1. The number of dihydropyridines is 1. The number of ether oxygens (including phenoxy) is 1. The number of amides is 2. The molecule has 1 aromatic heterocycles. The van der Waals surface area contributed by atoms with E-state index in [1.54, 1.807) is 17.3 Å². The molecule has 1 aromatic rings. The van der Waals surface area contributed by atoms with E-state index >= 15 is 0 Å². The minimum Gasteiger partial charge on any atom is -0.363 e. The maximum absolute atomic E-state index is 13.8. The molecule has 0 radical (unpaired) electrons. The Balaban J connectivity index is 1.39. The Morgan fingerprint density at radius 3 is 2.68 bits per heavy atom. The fraction of sp³-hybridized carbons (Fsp3) is 0.621. The number of alkyl halides is 3. The Kier molecular flexibility index (Phi) is 8.60. The van der Waals surface area contributed by atoms with Gasteiger partial charge in [0.1, 0.15) is 5.70 Å². The molecule has 9 nitrogen and oxygen atoms in total. The summed E-state index contributed by atoms with van der Waals surface area (Å²) in [6.07, 6.45) is 4.20. The summed E-state index contributed by atoms with van der Waals surface area (Å²) in [5.74, 6) is -2.40. The van der Waals surface area contributed by atoms with E-state index in [1.165, 1.54) is 0 Å². The number of allylic oxidation sites excluding steroid dienone is 1. The maximum atomic E-state index is 13.8.